The third-order valence-corrected chi connectivity index (χ3v) is 3.17. The third-order valence-electron chi connectivity index (χ3n) is 3.17. The lowest BCUT2D eigenvalue weighted by Crippen LogP contribution is -2.42. The van der Waals surface area contributed by atoms with Crippen molar-refractivity contribution in [1.29, 1.82) is 0 Å². The van der Waals surface area contributed by atoms with E-state index in [-0.39, 0.29) is 24.3 Å². The second kappa shape index (κ2) is 6.02. The second-order valence-electron chi connectivity index (χ2n) is 4.55. The number of aromatic nitrogens is 4. The van der Waals surface area contributed by atoms with Crippen LogP contribution >= 0.6 is 0 Å². The number of aryl methyl sites for hydroxylation is 2. The van der Waals surface area contributed by atoms with Gasteiger partial charge in [0.05, 0.1) is 6.33 Å². The van der Waals surface area contributed by atoms with Crippen LogP contribution in [-0.2, 0) is 24.9 Å². The Hall–Kier alpha value is -1.93. The summed E-state index contributed by atoms with van der Waals surface area (Å²) in [5.74, 6) is 0. The maximum Gasteiger partial charge on any atom is 0.332 e. The van der Waals surface area contributed by atoms with Crippen LogP contribution in [0.4, 0.5) is 0 Å². The summed E-state index contributed by atoms with van der Waals surface area (Å²) in [7, 11) is 3.34. The molecular weight excluding hydrogens is 262 g/mol. The second-order valence-corrected chi connectivity index (χ2v) is 4.55. The largest absolute Gasteiger partial charge is 0.385 e. The molecule has 0 aliphatic rings. The van der Waals surface area contributed by atoms with E-state index in [2.05, 4.69) is 4.98 Å². The summed E-state index contributed by atoms with van der Waals surface area (Å²) in [4.78, 5) is 28.8. The van der Waals surface area contributed by atoms with E-state index < -0.39 is 0 Å². The highest BCUT2D eigenvalue weighted by molar-refractivity contribution is 5.69. The lowest BCUT2D eigenvalue weighted by molar-refractivity contribution is 0.190. The van der Waals surface area contributed by atoms with Gasteiger partial charge < -0.3 is 15.0 Å². The quantitative estimate of drug-likeness (QED) is 0.677. The summed E-state index contributed by atoms with van der Waals surface area (Å²) < 4.78 is 9.28. The molecule has 0 radical (unpaired) electrons. The average molecular weight is 281 g/mol. The number of rotatable bonds is 6. The van der Waals surface area contributed by atoms with Gasteiger partial charge in [-0.3, -0.25) is 13.9 Å². The molecule has 0 atom stereocenters. The van der Waals surface area contributed by atoms with E-state index in [4.69, 9.17) is 10.5 Å². The van der Waals surface area contributed by atoms with Crippen molar-refractivity contribution in [1.82, 2.24) is 18.7 Å². The molecule has 0 spiro atoms. The van der Waals surface area contributed by atoms with Crippen molar-refractivity contribution in [2.75, 3.05) is 20.3 Å². The zero-order valence-electron chi connectivity index (χ0n) is 11.7. The highest BCUT2D eigenvalue weighted by Crippen LogP contribution is 2.05. The van der Waals surface area contributed by atoms with Gasteiger partial charge in [-0.2, -0.15) is 0 Å². The molecule has 0 saturated heterocycles. The molecule has 8 heteroatoms. The van der Waals surface area contributed by atoms with E-state index in [1.54, 1.807) is 18.7 Å². The highest BCUT2D eigenvalue weighted by atomic mass is 16.5. The van der Waals surface area contributed by atoms with E-state index in [0.29, 0.717) is 30.7 Å². The molecule has 0 fully saturated rings. The van der Waals surface area contributed by atoms with Gasteiger partial charge in [0, 0.05) is 40.4 Å². The minimum atomic E-state index is -0.372. The van der Waals surface area contributed by atoms with Crippen LogP contribution in [0.15, 0.2) is 15.9 Å². The molecular formula is C12H19N5O3. The molecule has 0 aromatic carbocycles. The van der Waals surface area contributed by atoms with E-state index in [9.17, 15) is 9.59 Å². The molecule has 110 valence electrons. The Kier molecular flexibility index (Phi) is 4.35. The summed E-state index contributed by atoms with van der Waals surface area (Å²) in [5.41, 5.74) is 5.58. The number of nitrogens with two attached hydrogens (primary N) is 1. The van der Waals surface area contributed by atoms with E-state index >= 15 is 0 Å². The SMILES string of the molecule is COCCCn1c(=O)n(CCN)c(=O)c2c1ncn2C. The van der Waals surface area contributed by atoms with Gasteiger partial charge in [0.1, 0.15) is 0 Å². The molecule has 0 amide bonds. The van der Waals surface area contributed by atoms with E-state index in [1.807, 2.05) is 0 Å². The highest BCUT2D eigenvalue weighted by Gasteiger charge is 2.16. The Bertz CT molecular complexity index is 712. The topological polar surface area (TPSA) is 97.1 Å². The first-order chi connectivity index (χ1) is 9.61. The van der Waals surface area contributed by atoms with Crippen LogP contribution in [0, 0.1) is 0 Å². The first-order valence-electron chi connectivity index (χ1n) is 6.45. The molecule has 2 rings (SSSR count). The average Bonchev–Trinajstić information content (AvgIpc) is 2.81. The Labute approximate surface area is 115 Å². The fourth-order valence-corrected chi connectivity index (χ4v) is 2.21. The Morgan fingerprint density at radius 1 is 1.30 bits per heavy atom. The van der Waals surface area contributed by atoms with Gasteiger partial charge in [-0.1, -0.05) is 0 Å². The molecule has 2 N–H and O–H groups in total. The van der Waals surface area contributed by atoms with Crippen LogP contribution in [0.25, 0.3) is 11.2 Å². The van der Waals surface area contributed by atoms with Gasteiger partial charge in [0.25, 0.3) is 5.56 Å². The lowest BCUT2D eigenvalue weighted by atomic mass is 10.4. The van der Waals surface area contributed by atoms with Crippen LogP contribution < -0.4 is 17.0 Å². The van der Waals surface area contributed by atoms with E-state index in [1.165, 1.54) is 10.9 Å². The Morgan fingerprint density at radius 3 is 2.70 bits per heavy atom. The number of hydrogen-bond donors (Lipinski definition) is 1. The fourth-order valence-electron chi connectivity index (χ4n) is 2.21. The minimum absolute atomic E-state index is 0.197. The molecule has 2 heterocycles. The normalized spacial score (nSPS) is 11.3. The molecule has 20 heavy (non-hydrogen) atoms. The fraction of sp³-hybridized carbons (Fsp3) is 0.583. The van der Waals surface area contributed by atoms with Crippen molar-refractivity contribution in [2.45, 2.75) is 19.5 Å². The van der Waals surface area contributed by atoms with Gasteiger partial charge in [0.2, 0.25) is 0 Å². The number of nitrogens with zero attached hydrogens (tertiary/aromatic N) is 4. The van der Waals surface area contributed by atoms with Crippen molar-refractivity contribution in [2.24, 2.45) is 12.8 Å². The first-order valence-corrected chi connectivity index (χ1v) is 6.45. The molecule has 0 unspecified atom stereocenters. The van der Waals surface area contributed by atoms with Gasteiger partial charge in [-0.25, -0.2) is 9.78 Å². The van der Waals surface area contributed by atoms with Gasteiger partial charge >= 0.3 is 5.69 Å². The van der Waals surface area contributed by atoms with Crippen LogP contribution in [0.5, 0.6) is 0 Å². The lowest BCUT2D eigenvalue weighted by Gasteiger charge is -2.11. The monoisotopic (exact) mass is 281 g/mol. The van der Waals surface area contributed by atoms with Gasteiger partial charge in [0.15, 0.2) is 11.2 Å². The minimum Gasteiger partial charge on any atom is -0.385 e. The first kappa shape index (κ1) is 14.5. The Balaban J connectivity index is 2.65. The number of fused-ring (bicyclic) bond motifs is 1. The van der Waals surface area contributed by atoms with Crippen molar-refractivity contribution < 1.29 is 4.74 Å². The predicted octanol–water partition coefficient (Wildman–Crippen LogP) is -1.11. The molecule has 0 bridgehead atoms. The number of methoxy groups -OCH3 is 1. The smallest absolute Gasteiger partial charge is 0.332 e. The molecule has 2 aromatic heterocycles. The van der Waals surface area contributed by atoms with Crippen molar-refractivity contribution >= 4 is 11.2 Å². The van der Waals surface area contributed by atoms with Crippen molar-refractivity contribution in [3.8, 4) is 0 Å². The Morgan fingerprint density at radius 2 is 2.05 bits per heavy atom. The zero-order chi connectivity index (χ0) is 14.7. The van der Waals surface area contributed by atoms with Crippen molar-refractivity contribution in [3.63, 3.8) is 0 Å². The van der Waals surface area contributed by atoms with E-state index in [0.717, 1.165) is 4.57 Å². The summed E-state index contributed by atoms with van der Waals surface area (Å²) >= 11 is 0. The van der Waals surface area contributed by atoms with Crippen LogP contribution in [0.2, 0.25) is 0 Å². The van der Waals surface area contributed by atoms with Crippen molar-refractivity contribution in [3.05, 3.63) is 27.2 Å². The van der Waals surface area contributed by atoms with Crippen LogP contribution in [0.1, 0.15) is 6.42 Å². The summed E-state index contributed by atoms with van der Waals surface area (Å²) in [5, 5.41) is 0. The summed E-state index contributed by atoms with van der Waals surface area (Å²) in [6.45, 7) is 1.42. The summed E-state index contributed by atoms with van der Waals surface area (Å²) in [6.07, 6.45) is 2.20. The number of imidazole rings is 1. The summed E-state index contributed by atoms with van der Waals surface area (Å²) in [6, 6.07) is 0. The van der Waals surface area contributed by atoms with Crippen LogP contribution in [0.3, 0.4) is 0 Å². The molecule has 0 aliphatic carbocycles. The number of ether oxygens (including phenoxy) is 1. The third kappa shape index (κ3) is 2.39. The molecule has 8 nitrogen and oxygen atoms in total. The van der Waals surface area contributed by atoms with Crippen LogP contribution in [-0.4, -0.2) is 38.9 Å². The maximum absolute atomic E-state index is 12.4. The van der Waals surface area contributed by atoms with Gasteiger partial charge in [-0.15, -0.1) is 0 Å². The predicted molar refractivity (Wildman–Crippen MR) is 74.8 cm³/mol. The number of hydrogen-bond acceptors (Lipinski definition) is 5. The standard InChI is InChI=1S/C12H19N5O3/c1-15-8-14-10-9(15)11(18)17(6-4-13)12(19)16(10)5-3-7-20-2/h8H,3-7,13H2,1-2H3. The molecule has 0 aliphatic heterocycles. The van der Waals surface area contributed by atoms with Gasteiger partial charge in [-0.05, 0) is 6.42 Å². The maximum atomic E-state index is 12.4. The zero-order valence-corrected chi connectivity index (χ0v) is 11.7. The molecule has 2 aromatic rings. The molecule has 0 saturated carbocycles.